The average molecular weight is 788 g/mol. The maximum Gasteiger partial charge on any atom is 0.408 e. The van der Waals surface area contributed by atoms with Gasteiger partial charge in [-0.2, -0.15) is 0 Å². The van der Waals surface area contributed by atoms with E-state index in [9.17, 15) is 32.3 Å². The molecule has 3 aromatic rings. The van der Waals surface area contributed by atoms with Crippen LogP contribution in [0.4, 0.5) is 19.3 Å². The minimum atomic E-state index is -4.52. The van der Waals surface area contributed by atoms with Gasteiger partial charge in [0.15, 0.2) is 6.29 Å². The SMILES string of the molecule is CCOC(CN(C(=O)C(C)N(C(=O)C(CNS(=O)(=O)c1ccc(Cl)cc1Cl)N(Cc1ccccc1)C(=O)O)c1ccc(F)cc1F)C(C)C)OCC. The van der Waals surface area contributed by atoms with Gasteiger partial charge in [-0.05, 0) is 70.5 Å². The van der Waals surface area contributed by atoms with Gasteiger partial charge in [0, 0.05) is 43.4 Å². The lowest BCUT2D eigenvalue weighted by molar-refractivity contribution is -0.162. The van der Waals surface area contributed by atoms with E-state index in [-0.39, 0.29) is 29.8 Å². The molecule has 0 aliphatic heterocycles. The summed E-state index contributed by atoms with van der Waals surface area (Å²) in [5, 5.41) is 10.3. The van der Waals surface area contributed by atoms with Crippen molar-refractivity contribution in [1.29, 1.82) is 0 Å². The molecule has 0 bridgehead atoms. The number of hydrogen-bond donors (Lipinski definition) is 2. The second-order valence-corrected chi connectivity index (χ2v) is 14.3. The van der Waals surface area contributed by atoms with E-state index in [2.05, 4.69) is 4.72 Å². The number of nitrogens with zero attached hydrogens (tertiary/aromatic N) is 3. The molecule has 0 aromatic heterocycles. The van der Waals surface area contributed by atoms with E-state index in [4.69, 9.17) is 32.7 Å². The number of benzene rings is 3. The molecule has 17 heteroatoms. The summed E-state index contributed by atoms with van der Waals surface area (Å²) in [6.07, 6.45) is -2.49. The van der Waals surface area contributed by atoms with Gasteiger partial charge in [0.2, 0.25) is 15.9 Å². The fraction of sp³-hybridized carbons (Fsp3) is 0.400. The van der Waals surface area contributed by atoms with Gasteiger partial charge in [-0.1, -0.05) is 53.5 Å². The molecule has 284 valence electrons. The minimum Gasteiger partial charge on any atom is -0.465 e. The van der Waals surface area contributed by atoms with Crippen LogP contribution in [0.25, 0.3) is 0 Å². The number of rotatable bonds is 18. The third-order valence-electron chi connectivity index (χ3n) is 7.86. The molecule has 3 rings (SSSR count). The lowest BCUT2D eigenvalue weighted by Gasteiger charge is -2.39. The molecule has 0 saturated heterocycles. The minimum absolute atomic E-state index is 0.0865. The lowest BCUT2D eigenvalue weighted by atomic mass is 10.1. The highest BCUT2D eigenvalue weighted by Gasteiger charge is 2.41. The van der Waals surface area contributed by atoms with Crippen molar-refractivity contribution in [1.82, 2.24) is 14.5 Å². The fourth-order valence-corrected chi connectivity index (χ4v) is 7.14. The number of ether oxygens (including phenoxy) is 2. The van der Waals surface area contributed by atoms with Gasteiger partial charge in [-0.25, -0.2) is 26.7 Å². The van der Waals surface area contributed by atoms with Crippen molar-refractivity contribution < 1.29 is 46.2 Å². The summed E-state index contributed by atoms with van der Waals surface area (Å²) in [7, 11) is -4.52. The normalized spacial score (nSPS) is 12.8. The molecule has 12 nitrogen and oxygen atoms in total. The summed E-state index contributed by atoms with van der Waals surface area (Å²) in [5.41, 5.74) is -0.125. The molecule has 3 aromatic carbocycles. The van der Waals surface area contributed by atoms with Crippen LogP contribution in [0.3, 0.4) is 0 Å². The standard InChI is InChI=1S/C35H42Cl2F2N4O8S/c1-6-50-32(51-7-2)21-41(22(3)4)33(44)23(5)43(29-15-14-26(38)18-28(29)39)34(45)30(42(35(46)47)20-24-11-9-8-10-12-24)19-40-52(48,49)31-16-13-25(36)17-27(31)37/h8-18,22-23,30,32,40H,6-7,19-21H2,1-5H3,(H,46,47). The Bertz CT molecular complexity index is 1800. The highest BCUT2D eigenvalue weighted by atomic mass is 35.5. The Labute approximate surface area is 312 Å². The number of nitrogens with one attached hydrogen (secondary N) is 1. The van der Waals surface area contributed by atoms with Crippen LogP contribution in [0.15, 0.2) is 71.6 Å². The molecule has 0 fully saturated rings. The average Bonchev–Trinajstić information content (AvgIpc) is 3.07. The van der Waals surface area contributed by atoms with Crippen molar-refractivity contribution in [2.45, 2.75) is 70.5 Å². The zero-order chi connectivity index (χ0) is 38.7. The number of anilines is 1. The van der Waals surface area contributed by atoms with E-state index >= 15 is 4.39 Å². The number of carbonyl (C=O) groups is 3. The first-order valence-corrected chi connectivity index (χ1v) is 18.6. The predicted molar refractivity (Wildman–Crippen MR) is 193 cm³/mol. The number of hydrogen-bond acceptors (Lipinski definition) is 7. The summed E-state index contributed by atoms with van der Waals surface area (Å²) in [6.45, 7) is 7.33. The summed E-state index contributed by atoms with van der Waals surface area (Å²) >= 11 is 12.1. The number of carboxylic acid groups (broad SMARTS) is 1. The third-order valence-corrected chi connectivity index (χ3v) is 10.0. The van der Waals surface area contributed by atoms with E-state index in [0.717, 1.165) is 18.2 Å². The lowest BCUT2D eigenvalue weighted by Crippen LogP contribution is -2.60. The van der Waals surface area contributed by atoms with Crippen molar-refractivity contribution in [3.8, 4) is 0 Å². The highest BCUT2D eigenvalue weighted by molar-refractivity contribution is 7.89. The van der Waals surface area contributed by atoms with Crippen molar-refractivity contribution in [2.24, 2.45) is 0 Å². The Hall–Kier alpha value is -3.86. The van der Waals surface area contributed by atoms with Gasteiger partial charge in [-0.3, -0.25) is 19.4 Å². The maximum atomic E-state index is 15.6. The van der Waals surface area contributed by atoms with E-state index in [1.54, 1.807) is 58.0 Å². The van der Waals surface area contributed by atoms with E-state index in [0.29, 0.717) is 21.4 Å². The molecule has 3 amide bonds. The van der Waals surface area contributed by atoms with Crippen LogP contribution in [-0.4, -0.2) is 92.0 Å². The topological polar surface area (TPSA) is 146 Å². The summed E-state index contributed by atoms with van der Waals surface area (Å²) in [6, 6.07) is 10.1. The van der Waals surface area contributed by atoms with Crippen LogP contribution in [0.2, 0.25) is 10.0 Å². The molecular formula is C35H42Cl2F2N4O8S. The molecule has 0 spiro atoms. The van der Waals surface area contributed by atoms with Gasteiger partial charge in [-0.15, -0.1) is 0 Å². The molecule has 2 atom stereocenters. The molecule has 0 aliphatic rings. The molecule has 0 radical (unpaired) electrons. The van der Waals surface area contributed by atoms with Crippen LogP contribution in [0.1, 0.15) is 40.2 Å². The Morgan fingerprint density at radius 2 is 1.52 bits per heavy atom. The van der Waals surface area contributed by atoms with E-state index < -0.39 is 87.7 Å². The summed E-state index contributed by atoms with van der Waals surface area (Å²) in [5.74, 6) is -4.12. The number of sulfonamides is 1. The molecule has 0 aliphatic carbocycles. The monoisotopic (exact) mass is 786 g/mol. The number of amides is 3. The van der Waals surface area contributed by atoms with E-state index in [1.807, 2.05) is 0 Å². The predicted octanol–water partition coefficient (Wildman–Crippen LogP) is 6.16. The molecule has 2 N–H and O–H groups in total. The van der Waals surface area contributed by atoms with Crippen LogP contribution in [0, 0.1) is 11.6 Å². The van der Waals surface area contributed by atoms with Crippen molar-refractivity contribution in [3.63, 3.8) is 0 Å². The second kappa shape index (κ2) is 19.3. The smallest absolute Gasteiger partial charge is 0.408 e. The Balaban J connectivity index is 2.19. The largest absolute Gasteiger partial charge is 0.465 e. The van der Waals surface area contributed by atoms with Crippen LogP contribution in [-0.2, 0) is 35.6 Å². The van der Waals surface area contributed by atoms with Crippen LogP contribution >= 0.6 is 23.2 Å². The molecule has 2 unspecified atom stereocenters. The van der Waals surface area contributed by atoms with E-state index in [1.165, 1.54) is 24.0 Å². The molecule has 52 heavy (non-hydrogen) atoms. The van der Waals surface area contributed by atoms with Crippen molar-refractivity contribution in [2.75, 3.05) is 31.2 Å². The highest BCUT2D eigenvalue weighted by Crippen LogP contribution is 2.28. The first-order valence-electron chi connectivity index (χ1n) is 16.3. The Kier molecular flexibility index (Phi) is 15.8. The van der Waals surface area contributed by atoms with Gasteiger partial charge < -0.3 is 19.5 Å². The second-order valence-electron chi connectivity index (χ2n) is 11.7. The fourth-order valence-electron chi connectivity index (χ4n) is 5.33. The van der Waals surface area contributed by atoms with Gasteiger partial charge in [0.25, 0.3) is 5.91 Å². The molecule has 0 heterocycles. The Morgan fingerprint density at radius 3 is 2.06 bits per heavy atom. The van der Waals surface area contributed by atoms with Crippen LogP contribution in [0.5, 0.6) is 0 Å². The molecular weight excluding hydrogens is 745 g/mol. The maximum absolute atomic E-state index is 15.6. The quantitative estimate of drug-likeness (QED) is 0.146. The van der Waals surface area contributed by atoms with Crippen LogP contribution < -0.4 is 9.62 Å². The van der Waals surface area contributed by atoms with Crippen molar-refractivity contribution in [3.05, 3.63) is 94.0 Å². The first kappa shape index (κ1) is 42.6. The summed E-state index contributed by atoms with van der Waals surface area (Å²) < 4.78 is 70.3. The van der Waals surface area contributed by atoms with Gasteiger partial charge in [0.05, 0.1) is 17.3 Å². The summed E-state index contributed by atoms with van der Waals surface area (Å²) in [4.78, 5) is 44.3. The number of halogens is 4. The van der Waals surface area contributed by atoms with Gasteiger partial charge >= 0.3 is 6.09 Å². The van der Waals surface area contributed by atoms with Crippen molar-refractivity contribution >= 4 is 56.8 Å². The zero-order valence-electron chi connectivity index (χ0n) is 29.3. The zero-order valence-corrected chi connectivity index (χ0v) is 31.6. The molecule has 0 saturated carbocycles. The Morgan fingerprint density at radius 1 is 0.885 bits per heavy atom. The number of carbonyl (C=O) groups excluding carboxylic acids is 2. The van der Waals surface area contributed by atoms with Gasteiger partial charge in [0.1, 0.15) is 28.6 Å². The third kappa shape index (κ3) is 11.1. The first-order chi connectivity index (χ1) is 24.5.